The summed E-state index contributed by atoms with van der Waals surface area (Å²) in [6.07, 6.45) is 4.55. The largest absolute Gasteiger partial charge is 0.351 e. The number of carbonyl (C=O) groups is 1. The van der Waals surface area contributed by atoms with E-state index in [-0.39, 0.29) is 5.91 Å². The van der Waals surface area contributed by atoms with Crippen molar-refractivity contribution in [2.45, 2.75) is 38.3 Å². The Kier molecular flexibility index (Phi) is 3.37. The lowest BCUT2D eigenvalue weighted by molar-refractivity contribution is -0.123. The van der Waals surface area contributed by atoms with E-state index in [0.717, 1.165) is 16.6 Å². The highest BCUT2D eigenvalue weighted by Crippen LogP contribution is 2.32. The first-order valence-electron chi connectivity index (χ1n) is 8.16. The van der Waals surface area contributed by atoms with Crippen LogP contribution in [0.15, 0.2) is 24.5 Å². The zero-order chi connectivity index (χ0) is 15.1. The van der Waals surface area contributed by atoms with Crippen LogP contribution in [0, 0.1) is 5.92 Å². The molecule has 0 radical (unpaired) electrons. The first-order valence-corrected chi connectivity index (χ1v) is 8.16. The minimum atomic E-state index is 0.129. The van der Waals surface area contributed by atoms with Gasteiger partial charge in [0.25, 0.3) is 0 Å². The third-order valence-corrected chi connectivity index (χ3v) is 5.35. The molecule has 2 bridgehead atoms. The zero-order valence-electron chi connectivity index (χ0n) is 12.9. The first kappa shape index (κ1) is 13.8. The van der Waals surface area contributed by atoms with Gasteiger partial charge in [0.2, 0.25) is 5.91 Å². The maximum absolute atomic E-state index is 12.4. The fourth-order valence-corrected chi connectivity index (χ4v) is 4.06. The van der Waals surface area contributed by atoms with Crippen LogP contribution in [-0.4, -0.2) is 45.9 Å². The van der Waals surface area contributed by atoms with Crippen molar-refractivity contribution in [2.75, 3.05) is 13.1 Å². The fraction of sp³-hybridized carbons (Fsp3) is 0.529. The molecule has 0 aliphatic carbocycles. The molecule has 2 aromatic rings. The molecule has 3 aliphatic rings. The second-order valence-electron chi connectivity index (χ2n) is 6.64. The van der Waals surface area contributed by atoms with Gasteiger partial charge in [0.05, 0.1) is 23.8 Å². The highest BCUT2D eigenvalue weighted by atomic mass is 16.1. The maximum Gasteiger partial charge on any atom is 0.224 e. The van der Waals surface area contributed by atoms with Crippen molar-refractivity contribution in [1.82, 2.24) is 20.2 Å². The summed E-state index contributed by atoms with van der Waals surface area (Å²) in [5.74, 6) is 0.781. The average Bonchev–Trinajstić information content (AvgIpc) is 2.99. The van der Waals surface area contributed by atoms with Crippen LogP contribution in [0.25, 0.3) is 11.0 Å². The molecule has 1 aromatic carbocycles. The maximum atomic E-state index is 12.4. The van der Waals surface area contributed by atoms with Crippen molar-refractivity contribution in [3.63, 3.8) is 0 Å². The zero-order valence-corrected chi connectivity index (χ0v) is 12.9. The van der Waals surface area contributed by atoms with Crippen LogP contribution in [0.1, 0.15) is 25.3 Å². The molecule has 116 valence electrons. The van der Waals surface area contributed by atoms with Gasteiger partial charge in [0, 0.05) is 12.1 Å². The number of aromatic amines is 1. The minimum absolute atomic E-state index is 0.129. The summed E-state index contributed by atoms with van der Waals surface area (Å²) in [6, 6.07) is 6.74. The van der Waals surface area contributed by atoms with E-state index < -0.39 is 0 Å². The predicted molar refractivity (Wildman–Crippen MR) is 85.5 cm³/mol. The van der Waals surface area contributed by atoms with Gasteiger partial charge in [-0.1, -0.05) is 6.07 Å². The van der Waals surface area contributed by atoms with Gasteiger partial charge in [-0.2, -0.15) is 0 Å². The number of nitrogens with zero attached hydrogens (tertiary/aromatic N) is 2. The summed E-state index contributed by atoms with van der Waals surface area (Å²) < 4.78 is 0. The monoisotopic (exact) mass is 298 g/mol. The Morgan fingerprint density at radius 3 is 3.00 bits per heavy atom. The lowest BCUT2D eigenvalue weighted by Crippen LogP contribution is -2.62. The number of aromatic nitrogens is 2. The molecule has 22 heavy (non-hydrogen) atoms. The van der Waals surface area contributed by atoms with Crippen molar-refractivity contribution in [3.8, 4) is 0 Å². The highest BCUT2D eigenvalue weighted by Gasteiger charge is 2.40. The molecule has 1 amide bonds. The number of amides is 1. The average molecular weight is 298 g/mol. The number of hydrogen-bond acceptors (Lipinski definition) is 3. The van der Waals surface area contributed by atoms with Gasteiger partial charge in [-0.15, -0.1) is 0 Å². The lowest BCUT2D eigenvalue weighted by atomic mass is 9.79. The van der Waals surface area contributed by atoms with E-state index in [1.165, 1.54) is 25.9 Å². The Hall–Kier alpha value is -1.88. The molecule has 5 rings (SSSR count). The normalized spacial score (nSPS) is 30.6. The van der Waals surface area contributed by atoms with Crippen LogP contribution in [0.3, 0.4) is 0 Å². The number of benzene rings is 1. The van der Waals surface area contributed by atoms with Gasteiger partial charge >= 0.3 is 0 Å². The third-order valence-electron chi connectivity index (χ3n) is 5.35. The SMILES string of the molecule is C[C@@H]1[C@H](NC(=O)Cc2ccc3nc[nH]c3c2)C2CCN1CC2. The Balaban J connectivity index is 1.43. The number of fused-ring (bicyclic) bond motifs is 4. The van der Waals surface area contributed by atoms with Gasteiger partial charge in [0.1, 0.15) is 0 Å². The van der Waals surface area contributed by atoms with Crippen LogP contribution in [-0.2, 0) is 11.2 Å². The molecule has 3 aliphatic heterocycles. The molecule has 5 heteroatoms. The number of rotatable bonds is 3. The Bertz CT molecular complexity index is 685. The number of hydrogen-bond donors (Lipinski definition) is 2. The Labute approximate surface area is 130 Å². The van der Waals surface area contributed by atoms with Crippen molar-refractivity contribution in [3.05, 3.63) is 30.1 Å². The molecule has 1 aromatic heterocycles. The predicted octanol–water partition coefficient (Wildman–Crippen LogP) is 1.70. The summed E-state index contributed by atoms with van der Waals surface area (Å²) in [5.41, 5.74) is 2.96. The molecule has 0 spiro atoms. The molecular weight excluding hydrogens is 276 g/mol. The van der Waals surface area contributed by atoms with Crippen molar-refractivity contribution in [1.29, 1.82) is 0 Å². The summed E-state index contributed by atoms with van der Waals surface area (Å²) in [7, 11) is 0. The van der Waals surface area contributed by atoms with E-state index in [1.54, 1.807) is 6.33 Å². The van der Waals surface area contributed by atoms with Crippen molar-refractivity contribution >= 4 is 16.9 Å². The summed E-state index contributed by atoms with van der Waals surface area (Å²) in [6.45, 7) is 4.62. The Morgan fingerprint density at radius 2 is 2.23 bits per heavy atom. The summed E-state index contributed by atoms with van der Waals surface area (Å²) in [4.78, 5) is 22.2. The summed E-state index contributed by atoms with van der Waals surface area (Å²) in [5, 5.41) is 3.28. The molecule has 2 N–H and O–H groups in total. The topological polar surface area (TPSA) is 61.0 Å². The number of H-pyrrole nitrogens is 1. The van der Waals surface area contributed by atoms with Gasteiger partial charge in [-0.25, -0.2) is 4.98 Å². The number of imidazole rings is 1. The van der Waals surface area contributed by atoms with Crippen molar-refractivity contribution < 1.29 is 4.79 Å². The molecule has 0 unspecified atom stereocenters. The second-order valence-corrected chi connectivity index (χ2v) is 6.64. The standard InChI is InChI=1S/C17H22N4O/c1-11-17(13-4-6-21(11)7-5-13)20-16(22)9-12-2-3-14-15(8-12)19-10-18-14/h2-3,8,10-11,13,17H,4-7,9H2,1H3,(H,18,19)(H,20,22)/t11-,17+/m1/s1. The second kappa shape index (κ2) is 5.39. The number of nitrogens with one attached hydrogen (secondary N) is 2. The first-order chi connectivity index (χ1) is 10.7. The molecular formula is C17H22N4O. The third kappa shape index (κ3) is 2.39. The van der Waals surface area contributed by atoms with Gasteiger partial charge in [0.15, 0.2) is 0 Å². The number of piperidine rings is 3. The van der Waals surface area contributed by atoms with Gasteiger partial charge in [-0.3, -0.25) is 9.69 Å². The summed E-state index contributed by atoms with van der Waals surface area (Å²) >= 11 is 0. The van der Waals surface area contributed by atoms with Crippen LogP contribution < -0.4 is 5.32 Å². The molecule has 0 saturated carbocycles. The fourth-order valence-electron chi connectivity index (χ4n) is 4.06. The van der Waals surface area contributed by atoms with E-state index >= 15 is 0 Å². The molecule has 2 atom stereocenters. The van der Waals surface area contributed by atoms with Crippen LogP contribution in [0.2, 0.25) is 0 Å². The van der Waals surface area contributed by atoms with E-state index in [4.69, 9.17) is 0 Å². The highest BCUT2D eigenvalue weighted by molar-refractivity contribution is 5.81. The van der Waals surface area contributed by atoms with E-state index in [2.05, 4.69) is 27.1 Å². The Morgan fingerprint density at radius 1 is 1.41 bits per heavy atom. The molecule has 4 heterocycles. The van der Waals surface area contributed by atoms with Crippen molar-refractivity contribution in [2.24, 2.45) is 5.92 Å². The van der Waals surface area contributed by atoms with Gasteiger partial charge < -0.3 is 10.3 Å². The van der Waals surface area contributed by atoms with Crippen LogP contribution in [0.4, 0.5) is 0 Å². The lowest BCUT2D eigenvalue weighted by Gasteiger charge is -2.50. The van der Waals surface area contributed by atoms with E-state index in [0.29, 0.717) is 24.4 Å². The van der Waals surface area contributed by atoms with Gasteiger partial charge in [-0.05, 0) is 56.5 Å². The van der Waals surface area contributed by atoms with Crippen LogP contribution in [0.5, 0.6) is 0 Å². The van der Waals surface area contributed by atoms with Crippen LogP contribution >= 0.6 is 0 Å². The van der Waals surface area contributed by atoms with E-state index in [1.807, 2.05) is 18.2 Å². The molecule has 5 nitrogen and oxygen atoms in total. The number of carbonyl (C=O) groups excluding carboxylic acids is 1. The smallest absolute Gasteiger partial charge is 0.224 e. The minimum Gasteiger partial charge on any atom is -0.351 e. The molecule has 3 saturated heterocycles. The molecule has 3 fully saturated rings. The quantitative estimate of drug-likeness (QED) is 0.907. The van der Waals surface area contributed by atoms with E-state index in [9.17, 15) is 4.79 Å².